The molecule has 0 bridgehead atoms. The van der Waals surface area contributed by atoms with E-state index in [0.29, 0.717) is 43.9 Å². The molecule has 1 aliphatic carbocycles. The van der Waals surface area contributed by atoms with Gasteiger partial charge in [0.25, 0.3) is 5.56 Å². The van der Waals surface area contributed by atoms with Crippen LogP contribution in [-0.4, -0.2) is 65.1 Å². The number of carbonyl (C=O) groups is 2. The average Bonchev–Trinajstić information content (AvgIpc) is 3.13. The number of amides is 2. The van der Waals surface area contributed by atoms with Crippen molar-refractivity contribution in [3.63, 3.8) is 0 Å². The maximum atomic E-state index is 14.1. The first-order chi connectivity index (χ1) is 22.0. The third-order valence-corrected chi connectivity index (χ3v) is 8.64. The van der Waals surface area contributed by atoms with E-state index in [2.05, 4.69) is 29.6 Å². The molecule has 1 aliphatic heterocycles. The van der Waals surface area contributed by atoms with Crippen LogP contribution < -0.4 is 15.9 Å². The molecule has 11 heteroatoms. The third-order valence-electron chi connectivity index (χ3n) is 8.32. The van der Waals surface area contributed by atoms with Gasteiger partial charge < -0.3 is 24.7 Å². The summed E-state index contributed by atoms with van der Waals surface area (Å²) < 4.78 is 12.9. The van der Waals surface area contributed by atoms with Crippen LogP contribution in [0.25, 0.3) is 22.0 Å². The number of hydrogen-bond acceptors (Lipinski definition) is 7. The van der Waals surface area contributed by atoms with E-state index in [-0.39, 0.29) is 28.5 Å². The maximum absolute atomic E-state index is 14.1. The number of nitrogens with zero attached hydrogens (tertiary/aromatic N) is 4. The minimum atomic E-state index is -0.697. The van der Waals surface area contributed by atoms with Crippen LogP contribution in [-0.2, 0) is 9.47 Å². The number of benzene rings is 3. The minimum absolute atomic E-state index is 0.0856. The molecule has 2 heterocycles. The van der Waals surface area contributed by atoms with Gasteiger partial charge in [0.15, 0.2) is 5.82 Å². The predicted octanol–water partition coefficient (Wildman–Crippen LogP) is 6.23. The normalized spacial score (nSPS) is 15.6. The number of aromatic nitrogens is 2. The molecule has 1 N–H and O–H groups in total. The van der Waals surface area contributed by atoms with Crippen LogP contribution in [0, 0.1) is 0 Å². The van der Waals surface area contributed by atoms with Crippen LogP contribution >= 0.6 is 11.6 Å². The lowest BCUT2D eigenvalue weighted by Crippen LogP contribution is -2.48. The summed E-state index contributed by atoms with van der Waals surface area (Å²) in [6.45, 7) is 9.06. The highest BCUT2D eigenvalue weighted by atomic mass is 35.5. The van der Waals surface area contributed by atoms with Crippen molar-refractivity contribution in [1.82, 2.24) is 19.9 Å². The summed E-state index contributed by atoms with van der Waals surface area (Å²) in [7, 11) is 0. The lowest BCUT2D eigenvalue weighted by Gasteiger charge is -2.30. The number of hydrogen-bond donors (Lipinski definition) is 1. The van der Waals surface area contributed by atoms with E-state index in [9.17, 15) is 14.4 Å². The molecule has 1 atom stereocenters. The predicted molar refractivity (Wildman–Crippen MR) is 178 cm³/mol. The molecule has 0 spiro atoms. The summed E-state index contributed by atoms with van der Waals surface area (Å²) in [6, 6.07) is 20.7. The Labute approximate surface area is 272 Å². The molecule has 2 aliphatic rings. The van der Waals surface area contributed by atoms with Gasteiger partial charge in [-0.2, -0.15) is 0 Å². The number of nitrogens with one attached hydrogen (secondary N) is 1. The van der Waals surface area contributed by atoms with Crippen molar-refractivity contribution < 1.29 is 19.1 Å². The zero-order chi connectivity index (χ0) is 32.6. The summed E-state index contributed by atoms with van der Waals surface area (Å²) in [5.74, 6) is 0.247. The van der Waals surface area contributed by atoms with E-state index >= 15 is 0 Å². The van der Waals surface area contributed by atoms with Crippen LogP contribution in [0.3, 0.4) is 0 Å². The second kappa shape index (κ2) is 12.7. The largest absolute Gasteiger partial charge is 0.449 e. The van der Waals surface area contributed by atoms with Crippen LogP contribution in [0.4, 0.5) is 9.59 Å². The van der Waals surface area contributed by atoms with E-state index in [1.165, 1.54) is 4.68 Å². The Kier molecular flexibility index (Phi) is 8.65. The monoisotopic (exact) mass is 643 g/mol. The maximum Gasteiger partial charge on any atom is 0.410 e. The van der Waals surface area contributed by atoms with Crippen LogP contribution in [0.2, 0.25) is 5.02 Å². The third kappa shape index (κ3) is 6.26. The molecular formula is C35H38ClN5O5. The number of fused-ring (bicyclic) bond motifs is 4. The molecule has 10 nitrogen and oxygen atoms in total. The number of halogens is 1. The van der Waals surface area contributed by atoms with E-state index in [1.54, 1.807) is 30.0 Å². The topological polar surface area (TPSA) is 106 Å². The molecule has 0 unspecified atom stereocenters. The van der Waals surface area contributed by atoms with Crippen LogP contribution in [0.15, 0.2) is 71.5 Å². The Hall–Kier alpha value is -4.57. The molecule has 46 heavy (non-hydrogen) atoms. The Morgan fingerprint density at radius 2 is 1.63 bits per heavy atom. The summed E-state index contributed by atoms with van der Waals surface area (Å²) in [4.78, 5) is 46.6. The molecule has 3 aromatic carbocycles. The van der Waals surface area contributed by atoms with Gasteiger partial charge in [-0.15, -0.1) is 0 Å². The summed E-state index contributed by atoms with van der Waals surface area (Å²) >= 11 is 6.49. The molecule has 4 aromatic rings. The van der Waals surface area contributed by atoms with Crippen molar-refractivity contribution in [2.45, 2.75) is 51.7 Å². The fourth-order valence-electron chi connectivity index (χ4n) is 6.25. The van der Waals surface area contributed by atoms with Gasteiger partial charge in [-0.3, -0.25) is 4.79 Å². The molecule has 6 rings (SSSR count). The molecule has 1 aromatic heterocycles. The number of rotatable bonds is 5. The highest BCUT2D eigenvalue weighted by Crippen LogP contribution is 2.44. The van der Waals surface area contributed by atoms with E-state index in [0.717, 1.165) is 22.3 Å². The van der Waals surface area contributed by atoms with Gasteiger partial charge in [-0.1, -0.05) is 66.2 Å². The van der Waals surface area contributed by atoms with Crippen molar-refractivity contribution in [2.24, 2.45) is 0 Å². The zero-order valence-corrected chi connectivity index (χ0v) is 27.2. The van der Waals surface area contributed by atoms with Crippen molar-refractivity contribution in [3.05, 3.63) is 99.1 Å². The summed E-state index contributed by atoms with van der Waals surface area (Å²) in [5, 5.41) is 5.33. The quantitative estimate of drug-likeness (QED) is 0.275. The highest BCUT2D eigenvalue weighted by Gasteiger charge is 2.31. The second-order valence-electron chi connectivity index (χ2n) is 12.7. The Balaban J connectivity index is 1.24. The Morgan fingerprint density at radius 1 is 0.957 bits per heavy atom. The zero-order valence-electron chi connectivity index (χ0n) is 26.5. The lowest BCUT2D eigenvalue weighted by molar-refractivity contribution is 0.0262. The first-order valence-corrected chi connectivity index (χ1v) is 16.0. The number of ether oxygens (including phenoxy) is 2. The first-order valence-electron chi connectivity index (χ1n) is 15.6. The van der Waals surface area contributed by atoms with Crippen molar-refractivity contribution in [3.8, 4) is 11.1 Å². The molecule has 240 valence electrons. The van der Waals surface area contributed by atoms with Gasteiger partial charge in [0.2, 0.25) is 0 Å². The summed E-state index contributed by atoms with van der Waals surface area (Å²) in [5.41, 5.74) is 3.98. The fourth-order valence-corrected chi connectivity index (χ4v) is 6.50. The van der Waals surface area contributed by atoms with Gasteiger partial charge in [-0.25, -0.2) is 19.2 Å². The molecule has 0 radical (unpaired) electrons. The van der Waals surface area contributed by atoms with Crippen LogP contribution in [0.1, 0.15) is 63.0 Å². The van der Waals surface area contributed by atoms with Gasteiger partial charge >= 0.3 is 12.2 Å². The molecule has 2 amide bonds. The van der Waals surface area contributed by atoms with E-state index in [1.807, 2.05) is 50.0 Å². The Bertz CT molecular complexity index is 1810. The van der Waals surface area contributed by atoms with E-state index in [4.69, 9.17) is 26.1 Å². The highest BCUT2D eigenvalue weighted by molar-refractivity contribution is 6.35. The second-order valence-corrected chi connectivity index (χ2v) is 13.1. The lowest BCUT2D eigenvalue weighted by atomic mass is 9.98. The molecular weight excluding hydrogens is 606 g/mol. The van der Waals surface area contributed by atoms with Crippen LogP contribution in [0.5, 0.6) is 0 Å². The number of carbonyl (C=O) groups excluding carboxylic acids is 2. The standard InChI is InChI=1S/C35H38ClN5O5/c1-22(37-33(43)45-21-27-25-13-7-5-11-23(25)24-12-6-8-14-26(24)27)31-38-29-16-9-15-28(36)30(29)32(42)41(31)40-18-10-17-39(19-20-40)34(44)46-35(2,3)4/h5-9,11-16,22,27H,10,17-21H2,1-4H3,(H,37,43)/t22-/m0/s1. The molecule has 1 fully saturated rings. The smallest absolute Gasteiger partial charge is 0.410 e. The fraction of sp³-hybridized carbons (Fsp3) is 0.371. The van der Waals surface area contributed by atoms with Crippen molar-refractivity contribution >= 4 is 34.7 Å². The van der Waals surface area contributed by atoms with Gasteiger partial charge in [-0.05, 0) is 68.5 Å². The SMILES string of the molecule is C[C@H](NC(=O)OCC1c2ccccc2-c2ccccc21)c1nc2cccc(Cl)c2c(=O)n1N1CCCN(C(=O)OC(C)(C)C)CC1. The van der Waals surface area contributed by atoms with E-state index < -0.39 is 23.8 Å². The molecule has 0 saturated carbocycles. The minimum Gasteiger partial charge on any atom is -0.449 e. The van der Waals surface area contributed by atoms with Crippen molar-refractivity contribution in [2.75, 3.05) is 37.8 Å². The average molecular weight is 644 g/mol. The van der Waals surface area contributed by atoms with Gasteiger partial charge in [0.1, 0.15) is 12.2 Å². The summed E-state index contributed by atoms with van der Waals surface area (Å²) in [6.07, 6.45) is -0.417. The first kappa shape index (κ1) is 31.4. The van der Waals surface area contributed by atoms with Gasteiger partial charge in [0, 0.05) is 25.6 Å². The molecule has 1 saturated heterocycles. The van der Waals surface area contributed by atoms with Gasteiger partial charge in [0.05, 0.1) is 28.5 Å². The van der Waals surface area contributed by atoms with Crippen molar-refractivity contribution in [1.29, 1.82) is 0 Å². The number of alkyl carbamates (subject to hydrolysis) is 1. The Morgan fingerprint density at radius 3 is 2.30 bits per heavy atom.